The Balaban J connectivity index is 2.25. The van der Waals surface area contributed by atoms with E-state index >= 15 is 0 Å². The van der Waals surface area contributed by atoms with Crippen molar-refractivity contribution >= 4 is 0 Å². The van der Waals surface area contributed by atoms with Gasteiger partial charge in [-0.25, -0.2) is 4.39 Å². The summed E-state index contributed by atoms with van der Waals surface area (Å²) in [6.45, 7) is 0. The van der Waals surface area contributed by atoms with Gasteiger partial charge < -0.3 is 5.73 Å². The molecule has 0 amide bonds. The first-order chi connectivity index (χ1) is 7.89. The van der Waals surface area contributed by atoms with Crippen molar-refractivity contribution in [2.24, 2.45) is 11.7 Å². The van der Waals surface area contributed by atoms with Gasteiger partial charge in [0.2, 0.25) is 0 Å². The molecule has 1 aromatic rings. The van der Waals surface area contributed by atoms with E-state index in [0.717, 1.165) is 31.4 Å². The minimum absolute atomic E-state index is 0.183. The van der Waals surface area contributed by atoms with Crippen LogP contribution in [0.4, 0.5) is 17.6 Å². The molecular formula is C12H13F4N. The van der Waals surface area contributed by atoms with Crippen LogP contribution in [0.2, 0.25) is 0 Å². The molecule has 2 rings (SSSR count). The quantitative estimate of drug-likeness (QED) is 0.793. The van der Waals surface area contributed by atoms with Gasteiger partial charge in [-0.3, -0.25) is 0 Å². The van der Waals surface area contributed by atoms with Gasteiger partial charge >= 0.3 is 6.18 Å². The summed E-state index contributed by atoms with van der Waals surface area (Å²) < 4.78 is 50.6. The third-order valence-electron chi connectivity index (χ3n) is 3.34. The number of hydrogen-bond acceptors (Lipinski definition) is 1. The Morgan fingerprint density at radius 2 is 1.88 bits per heavy atom. The van der Waals surface area contributed by atoms with Crippen molar-refractivity contribution in [2.75, 3.05) is 0 Å². The zero-order valence-electron chi connectivity index (χ0n) is 9.10. The van der Waals surface area contributed by atoms with E-state index in [2.05, 4.69) is 0 Å². The fourth-order valence-electron chi connectivity index (χ4n) is 2.03. The highest BCUT2D eigenvalue weighted by atomic mass is 19.4. The maximum atomic E-state index is 13.6. The van der Waals surface area contributed by atoms with E-state index in [9.17, 15) is 17.6 Å². The van der Waals surface area contributed by atoms with Crippen LogP contribution in [0, 0.1) is 11.7 Å². The van der Waals surface area contributed by atoms with Gasteiger partial charge in [-0.2, -0.15) is 13.2 Å². The third-order valence-corrected chi connectivity index (χ3v) is 3.34. The molecule has 5 heteroatoms. The lowest BCUT2D eigenvalue weighted by molar-refractivity contribution is -0.137. The molecule has 0 bridgehead atoms. The van der Waals surface area contributed by atoms with Gasteiger partial charge in [0.05, 0.1) is 5.56 Å². The molecular weight excluding hydrogens is 234 g/mol. The van der Waals surface area contributed by atoms with Crippen LogP contribution in [-0.4, -0.2) is 0 Å². The summed E-state index contributed by atoms with van der Waals surface area (Å²) in [7, 11) is 0. The first-order valence-corrected chi connectivity index (χ1v) is 5.52. The number of alkyl halides is 3. The molecule has 0 aromatic heterocycles. The van der Waals surface area contributed by atoms with E-state index in [1.54, 1.807) is 0 Å². The topological polar surface area (TPSA) is 26.0 Å². The lowest BCUT2D eigenvalue weighted by atomic mass is 9.77. The summed E-state index contributed by atoms with van der Waals surface area (Å²) in [5.74, 6) is -0.666. The molecule has 1 aliphatic rings. The zero-order valence-corrected chi connectivity index (χ0v) is 9.10. The molecule has 0 radical (unpaired) electrons. The second kappa shape index (κ2) is 4.29. The van der Waals surface area contributed by atoms with Crippen molar-refractivity contribution in [2.45, 2.75) is 31.5 Å². The van der Waals surface area contributed by atoms with Crippen LogP contribution in [0.1, 0.15) is 36.4 Å². The molecule has 0 aliphatic heterocycles. The molecule has 0 unspecified atom stereocenters. The SMILES string of the molecule is N[C@@H](c1ccc(C(F)(F)F)cc1F)C1CCC1. The molecule has 0 saturated heterocycles. The first-order valence-electron chi connectivity index (χ1n) is 5.52. The Morgan fingerprint density at radius 3 is 2.29 bits per heavy atom. The lowest BCUT2D eigenvalue weighted by Crippen LogP contribution is -2.27. The van der Waals surface area contributed by atoms with E-state index in [0.29, 0.717) is 6.07 Å². The van der Waals surface area contributed by atoms with Crippen molar-refractivity contribution in [3.8, 4) is 0 Å². The fourth-order valence-corrected chi connectivity index (χ4v) is 2.03. The van der Waals surface area contributed by atoms with Crippen LogP contribution in [0.5, 0.6) is 0 Å². The van der Waals surface area contributed by atoms with Gasteiger partial charge in [-0.15, -0.1) is 0 Å². The van der Waals surface area contributed by atoms with Crippen LogP contribution in [0.25, 0.3) is 0 Å². The lowest BCUT2D eigenvalue weighted by Gasteiger charge is -2.31. The Hall–Kier alpha value is -1.10. The fraction of sp³-hybridized carbons (Fsp3) is 0.500. The largest absolute Gasteiger partial charge is 0.416 e. The van der Waals surface area contributed by atoms with Gasteiger partial charge in [0.1, 0.15) is 5.82 Å². The molecule has 0 heterocycles. The highest BCUT2D eigenvalue weighted by Gasteiger charge is 2.33. The summed E-state index contributed by atoms with van der Waals surface area (Å²) in [5.41, 5.74) is 5.05. The third kappa shape index (κ3) is 2.44. The Morgan fingerprint density at radius 1 is 1.24 bits per heavy atom. The van der Waals surface area contributed by atoms with E-state index < -0.39 is 23.6 Å². The van der Waals surface area contributed by atoms with E-state index in [4.69, 9.17) is 5.73 Å². The van der Waals surface area contributed by atoms with Gasteiger partial charge in [0.15, 0.2) is 0 Å². The molecule has 0 spiro atoms. The first kappa shape index (κ1) is 12.4. The van der Waals surface area contributed by atoms with Gasteiger partial charge in [-0.1, -0.05) is 12.5 Å². The Labute approximate surface area is 96.6 Å². The maximum Gasteiger partial charge on any atom is 0.416 e. The summed E-state index contributed by atoms with van der Waals surface area (Å²) >= 11 is 0. The smallest absolute Gasteiger partial charge is 0.324 e. The van der Waals surface area contributed by atoms with Gasteiger partial charge in [0.25, 0.3) is 0 Å². The highest BCUT2D eigenvalue weighted by Crippen LogP contribution is 2.38. The van der Waals surface area contributed by atoms with Crippen molar-refractivity contribution in [1.29, 1.82) is 0 Å². The average molecular weight is 247 g/mol. The molecule has 94 valence electrons. The summed E-state index contributed by atoms with van der Waals surface area (Å²) in [5, 5.41) is 0. The van der Waals surface area contributed by atoms with E-state index in [1.807, 2.05) is 0 Å². The van der Waals surface area contributed by atoms with E-state index in [-0.39, 0.29) is 11.5 Å². The molecule has 1 aromatic carbocycles. The second-order valence-electron chi connectivity index (χ2n) is 4.45. The standard InChI is InChI=1S/C12H13F4N/c13-10-6-8(12(14,15)16)4-5-9(10)11(17)7-2-1-3-7/h4-7,11H,1-3,17H2/t11-/m1/s1. The monoisotopic (exact) mass is 247 g/mol. The van der Waals surface area contributed by atoms with Crippen LogP contribution in [0.15, 0.2) is 18.2 Å². The average Bonchev–Trinajstić information content (AvgIpc) is 2.12. The second-order valence-corrected chi connectivity index (χ2v) is 4.45. The zero-order chi connectivity index (χ0) is 12.6. The summed E-state index contributed by atoms with van der Waals surface area (Å²) in [6, 6.07) is 2.07. The predicted molar refractivity (Wildman–Crippen MR) is 55.7 cm³/mol. The minimum atomic E-state index is -4.51. The van der Waals surface area contributed by atoms with Crippen LogP contribution in [0.3, 0.4) is 0 Å². The van der Waals surface area contributed by atoms with Crippen molar-refractivity contribution in [1.82, 2.24) is 0 Å². The Bertz CT molecular complexity index is 409. The molecule has 2 N–H and O–H groups in total. The summed E-state index contributed by atoms with van der Waals surface area (Å²) in [6.07, 6.45) is -1.62. The van der Waals surface area contributed by atoms with E-state index in [1.165, 1.54) is 0 Å². The molecule has 1 fully saturated rings. The van der Waals surface area contributed by atoms with Gasteiger partial charge in [0, 0.05) is 11.6 Å². The molecule has 1 atom stereocenters. The van der Waals surface area contributed by atoms with Crippen LogP contribution in [-0.2, 0) is 6.18 Å². The van der Waals surface area contributed by atoms with Crippen LogP contribution < -0.4 is 5.73 Å². The van der Waals surface area contributed by atoms with Crippen LogP contribution >= 0.6 is 0 Å². The number of halogens is 4. The molecule has 17 heavy (non-hydrogen) atoms. The van der Waals surface area contributed by atoms with Crippen molar-refractivity contribution < 1.29 is 17.6 Å². The number of hydrogen-bond donors (Lipinski definition) is 1. The molecule has 1 aliphatic carbocycles. The maximum absolute atomic E-state index is 13.6. The molecule has 1 saturated carbocycles. The Kier molecular flexibility index (Phi) is 3.12. The normalized spacial score (nSPS) is 18.9. The summed E-state index contributed by atoms with van der Waals surface area (Å²) in [4.78, 5) is 0. The minimum Gasteiger partial charge on any atom is -0.324 e. The highest BCUT2D eigenvalue weighted by molar-refractivity contribution is 5.29. The number of nitrogens with two attached hydrogens (primary N) is 1. The number of rotatable bonds is 2. The van der Waals surface area contributed by atoms with Gasteiger partial charge in [-0.05, 0) is 30.9 Å². The predicted octanol–water partition coefficient (Wildman–Crippen LogP) is 3.64. The van der Waals surface area contributed by atoms with Crippen molar-refractivity contribution in [3.05, 3.63) is 35.1 Å². The van der Waals surface area contributed by atoms with Crippen molar-refractivity contribution in [3.63, 3.8) is 0 Å². The molecule has 1 nitrogen and oxygen atoms in total. The number of benzene rings is 1.